The first kappa shape index (κ1) is 92.2. The Morgan fingerprint density at radius 2 is 0.233 bits per heavy atom. The maximum atomic E-state index is 10.4. The van der Waals surface area contributed by atoms with Crippen LogP contribution in [0.2, 0.25) is 0 Å². The Morgan fingerprint density at radius 1 is 0.178 bits per heavy atom. The van der Waals surface area contributed by atoms with Crippen LogP contribution in [0.15, 0.2) is 225 Å². The molecule has 0 amide bonds. The normalized spacial score (nSPS) is 9.27. The Kier molecular flexibility index (Phi) is 67.5. The van der Waals surface area contributed by atoms with Crippen LogP contribution in [0.1, 0.15) is 0 Å². The van der Waals surface area contributed by atoms with Crippen molar-refractivity contribution < 1.29 is 111 Å². The summed E-state index contributed by atoms with van der Waals surface area (Å²) in [5.41, 5.74) is 0. The third-order valence-electron chi connectivity index (χ3n) is 4.87. The second-order valence-corrected chi connectivity index (χ2v) is 17.6. The first-order valence-electron chi connectivity index (χ1n) is 21.6. The number of rotatable bonds is 0. The molecular weight excluding hydrogens is 1360 g/mol. The molecule has 0 saturated heterocycles. The molecule has 0 aliphatic rings. The van der Waals surface area contributed by atoms with Gasteiger partial charge in [-0.05, 0) is 0 Å². The lowest BCUT2D eigenvalue weighted by Gasteiger charge is -1.78. The average molecular weight is 1420 g/mol. The van der Waals surface area contributed by atoms with E-state index in [4.69, 9.17) is 86.1 Å². The third-order valence-corrected chi connectivity index (χ3v) is 4.87. The molecule has 0 unspecified atom stereocenters. The Morgan fingerprint density at radius 3 is 0.244 bits per heavy atom. The molecule has 12 aromatic rings. The van der Waals surface area contributed by atoms with E-state index in [1.807, 2.05) is 0 Å². The van der Waals surface area contributed by atoms with Crippen molar-refractivity contribution in [3.63, 3.8) is 0 Å². The number of halogens is 6. The average Bonchev–Trinajstić information content (AvgIpc) is 4.31. The number of hydrogen-bond donors (Lipinski definition) is 24. The molecule has 24 N–H and O–H groups in total. The monoisotopic (exact) mass is 1420 g/mol. The lowest BCUT2D eigenvalue weighted by atomic mass is 11.0. The fourth-order valence-electron chi connectivity index (χ4n) is 2.58. The summed E-state index contributed by atoms with van der Waals surface area (Å²) in [5, 5.41) is 0. The molecule has 0 aliphatic carbocycles. The van der Waals surface area contributed by atoms with Crippen molar-refractivity contribution in [2.45, 2.75) is 0 Å². The number of aromatic nitrogens is 24. The van der Waals surface area contributed by atoms with Gasteiger partial charge in [-0.15, -0.1) is 25.2 Å². The van der Waals surface area contributed by atoms with Gasteiger partial charge in [-0.1, -0.05) is 0 Å². The number of imidazole rings is 12. The highest BCUT2D eigenvalue weighted by Gasteiger charge is 2.07. The van der Waals surface area contributed by atoms with Crippen LogP contribution in [0.4, 0.5) is 25.2 Å². The summed E-state index contributed by atoms with van der Waals surface area (Å²) < 4.78 is 114. The smallest absolute Gasteiger partial charge is 0.351 e. The van der Waals surface area contributed by atoms with E-state index in [1.54, 1.807) is 225 Å². The van der Waals surface area contributed by atoms with Crippen LogP contribution in [-0.4, -0.2) is 178 Å². The minimum absolute atomic E-state index is 1.62. The van der Waals surface area contributed by atoms with Crippen molar-refractivity contribution >= 4 is 47.4 Å². The van der Waals surface area contributed by atoms with Gasteiger partial charge in [-0.25, -0.2) is 87.2 Å². The van der Waals surface area contributed by atoms with E-state index >= 15 is 0 Å². The van der Waals surface area contributed by atoms with E-state index in [0.29, 0.717) is 0 Å². The van der Waals surface area contributed by atoms with E-state index < -0.39 is 47.4 Å². The molecule has 42 nitrogen and oxygen atoms in total. The number of nitrogens with zero attached hydrogens (tertiary/aromatic N) is 12. The Bertz CT molecular complexity index is 2230. The van der Waals surface area contributed by atoms with E-state index in [2.05, 4.69) is 120 Å². The van der Waals surface area contributed by atoms with Crippen LogP contribution in [-0.2, 0) is 27.4 Å². The molecule has 90 heavy (non-hydrogen) atoms. The minimum atomic E-state index is -5.14. The second kappa shape index (κ2) is 66.0. The maximum absolute atomic E-state index is 10.4. The number of H-pyrrole nitrogens is 12. The minimum Gasteiger partial charge on any atom is -0.351 e. The summed E-state index contributed by atoms with van der Waals surface area (Å²) in [7, 11) is -30.8. The molecule has 12 heterocycles. The fraction of sp³-hybridized carbons (Fsp3) is 0. The lowest BCUT2D eigenvalue weighted by molar-refractivity contribution is 0.320. The molecule has 12 rings (SSSR count). The zero-order valence-corrected chi connectivity index (χ0v) is 50.3. The van der Waals surface area contributed by atoms with Crippen molar-refractivity contribution in [2.24, 2.45) is 0 Å². The highest BCUT2D eigenvalue weighted by Crippen LogP contribution is 2.37. The maximum Gasteiger partial charge on any atom is 0.507 e. The second-order valence-electron chi connectivity index (χ2n) is 12.0. The zero-order chi connectivity index (χ0) is 69.4. The molecule has 0 aromatic carbocycles. The van der Waals surface area contributed by atoms with Gasteiger partial charge < -0.3 is 59.8 Å². The molecule has 12 aromatic heterocycles. The van der Waals surface area contributed by atoms with Gasteiger partial charge in [-0.2, -0.15) is 0 Å². The largest absolute Gasteiger partial charge is 0.507 e. The van der Waals surface area contributed by atoms with Gasteiger partial charge in [0.15, 0.2) is 0 Å². The van der Waals surface area contributed by atoms with Gasteiger partial charge >= 0.3 is 47.4 Å². The first-order chi connectivity index (χ1) is 42.0. The Balaban J connectivity index is -0.000000208. The van der Waals surface area contributed by atoms with Gasteiger partial charge in [0.05, 0.1) is 75.9 Å². The molecule has 0 radical (unpaired) electrons. The van der Waals surface area contributed by atoms with Crippen molar-refractivity contribution in [3.8, 4) is 0 Å². The van der Waals surface area contributed by atoms with Crippen molar-refractivity contribution in [2.75, 3.05) is 0 Å². The summed E-state index contributed by atoms with van der Waals surface area (Å²) >= 11 is 0. The molecule has 0 saturated carbocycles. The molecule has 0 bridgehead atoms. The topological polar surface area (TPSA) is 689 Å². The Hall–Kier alpha value is -9.00. The quantitative estimate of drug-likeness (QED) is 0.0684. The molecular formula is C36H60F6N24O18P6. The molecule has 0 aliphatic heterocycles. The highest BCUT2D eigenvalue weighted by atomic mass is 31.2. The van der Waals surface area contributed by atoms with Crippen LogP contribution < -0.4 is 0 Å². The lowest BCUT2D eigenvalue weighted by Crippen LogP contribution is -1.56. The van der Waals surface area contributed by atoms with Gasteiger partial charge in [0.25, 0.3) is 0 Å². The zero-order valence-electron chi connectivity index (χ0n) is 44.9. The molecule has 0 spiro atoms. The predicted molar refractivity (Wildman–Crippen MR) is 302 cm³/mol. The van der Waals surface area contributed by atoms with Crippen molar-refractivity contribution in [1.82, 2.24) is 120 Å². The van der Waals surface area contributed by atoms with Crippen molar-refractivity contribution in [1.29, 1.82) is 0 Å². The van der Waals surface area contributed by atoms with Crippen LogP contribution >= 0.6 is 47.4 Å². The van der Waals surface area contributed by atoms with Crippen molar-refractivity contribution in [3.05, 3.63) is 225 Å². The standard InChI is InChI=1S/12C3H4N2.6FH2O3P/c12*1-2-5-3-4-1;6*1-5(2,3)4/h12*1-3H,(H,4,5);6*(H2,2,3,4). The Labute approximate surface area is 501 Å². The van der Waals surface area contributed by atoms with E-state index in [1.165, 1.54) is 0 Å². The summed E-state index contributed by atoms with van der Waals surface area (Å²) in [6.07, 6.45) is 61.0. The van der Waals surface area contributed by atoms with Crippen LogP contribution in [0, 0.1) is 0 Å². The molecule has 504 valence electrons. The van der Waals surface area contributed by atoms with Crippen LogP contribution in [0.5, 0.6) is 0 Å². The van der Waals surface area contributed by atoms with E-state index in [9.17, 15) is 25.2 Å². The summed E-state index contributed by atoms with van der Waals surface area (Å²) in [4.78, 5) is 161. The van der Waals surface area contributed by atoms with E-state index in [-0.39, 0.29) is 0 Å². The SMILES string of the molecule is O=P(O)(O)F.O=P(O)(O)F.O=P(O)(O)F.O=P(O)(O)F.O=P(O)(O)F.O=P(O)(O)F.c1c[nH]cn1.c1c[nH]cn1.c1c[nH]cn1.c1c[nH]cn1.c1c[nH]cn1.c1c[nH]cn1.c1c[nH]cn1.c1c[nH]cn1.c1c[nH]cn1.c1c[nH]cn1.c1c[nH]cn1.c1c[nH]cn1. The number of nitrogens with one attached hydrogen (secondary N) is 12. The van der Waals surface area contributed by atoms with Gasteiger partial charge in [-0.3, -0.25) is 58.7 Å². The molecule has 54 heteroatoms. The summed E-state index contributed by atoms with van der Waals surface area (Å²) in [5.74, 6) is 0. The van der Waals surface area contributed by atoms with Crippen LogP contribution in [0.25, 0.3) is 0 Å². The van der Waals surface area contributed by atoms with Gasteiger partial charge in [0.2, 0.25) is 0 Å². The molecule has 0 atom stereocenters. The summed E-state index contributed by atoms with van der Waals surface area (Å²) in [6, 6.07) is 0. The highest BCUT2D eigenvalue weighted by molar-refractivity contribution is 7.47. The van der Waals surface area contributed by atoms with Gasteiger partial charge in [0.1, 0.15) is 0 Å². The fourth-order valence-corrected chi connectivity index (χ4v) is 2.58. The predicted octanol–water partition coefficient (Wildman–Crippen LogP) is 5.21. The molecule has 0 fully saturated rings. The van der Waals surface area contributed by atoms with E-state index in [0.717, 1.165) is 0 Å². The van der Waals surface area contributed by atoms with Crippen LogP contribution in [0.3, 0.4) is 0 Å². The van der Waals surface area contributed by atoms with Gasteiger partial charge in [0, 0.05) is 149 Å². The third kappa shape index (κ3) is 185. The summed E-state index contributed by atoms with van der Waals surface area (Å²) in [6.45, 7) is 0. The number of aromatic amines is 12. The number of hydrogen-bond acceptors (Lipinski definition) is 18. The first-order valence-corrected chi connectivity index (χ1v) is 30.7.